The molecule has 0 amide bonds. The summed E-state index contributed by atoms with van der Waals surface area (Å²) in [5.74, 6) is 0.633. The molecule has 0 aromatic heterocycles. The molecule has 0 spiro atoms. The molecule has 6 nitrogen and oxygen atoms in total. The van der Waals surface area contributed by atoms with Crippen LogP contribution in [-0.4, -0.2) is 31.7 Å². The van der Waals surface area contributed by atoms with E-state index in [4.69, 9.17) is 9.47 Å². The van der Waals surface area contributed by atoms with Crippen LogP contribution in [0.15, 0.2) is 30.4 Å². The summed E-state index contributed by atoms with van der Waals surface area (Å²) < 4.78 is 10.4. The second kappa shape index (κ2) is 7.38. The molecule has 0 unspecified atom stereocenters. The number of hydrogen-bond acceptors (Lipinski definition) is 5. The number of methoxy groups -OCH3 is 1. The average Bonchev–Trinajstić information content (AvgIpc) is 2.42. The summed E-state index contributed by atoms with van der Waals surface area (Å²) in [5, 5.41) is 14.0. The molecule has 6 heteroatoms. The molecule has 0 saturated carbocycles. The normalized spacial score (nSPS) is 10.0. The summed E-state index contributed by atoms with van der Waals surface area (Å²) in [5.41, 5.74) is 0.711. The first-order valence-corrected chi connectivity index (χ1v) is 5.91. The topological polar surface area (TPSA) is 73.6 Å². The van der Waals surface area contributed by atoms with Crippen LogP contribution >= 0.6 is 0 Å². The van der Waals surface area contributed by atoms with Crippen molar-refractivity contribution in [3.05, 3.63) is 40.5 Å². The van der Waals surface area contributed by atoms with Crippen molar-refractivity contribution >= 4 is 5.69 Å². The van der Waals surface area contributed by atoms with E-state index in [-0.39, 0.29) is 18.0 Å². The van der Waals surface area contributed by atoms with E-state index in [2.05, 4.69) is 11.9 Å². The maximum Gasteiger partial charge on any atom is 0.314 e. The number of rotatable bonds is 8. The lowest BCUT2D eigenvalue weighted by atomic mass is 10.2. The van der Waals surface area contributed by atoms with E-state index in [1.165, 1.54) is 19.2 Å². The number of benzene rings is 1. The second-order valence-corrected chi connectivity index (χ2v) is 3.91. The van der Waals surface area contributed by atoms with Gasteiger partial charge in [-0.05, 0) is 24.3 Å². The van der Waals surface area contributed by atoms with Crippen LogP contribution in [0.5, 0.6) is 11.5 Å². The monoisotopic (exact) mass is 266 g/mol. The minimum absolute atomic E-state index is 0.115. The van der Waals surface area contributed by atoms with Crippen molar-refractivity contribution in [2.45, 2.75) is 6.92 Å². The molecule has 0 atom stereocenters. The minimum Gasteiger partial charge on any atom is -0.496 e. The van der Waals surface area contributed by atoms with Crippen molar-refractivity contribution in [1.29, 1.82) is 0 Å². The van der Waals surface area contributed by atoms with Crippen molar-refractivity contribution in [2.24, 2.45) is 0 Å². The third-order valence-electron chi connectivity index (χ3n) is 2.42. The molecule has 104 valence electrons. The quantitative estimate of drug-likeness (QED) is 0.443. The van der Waals surface area contributed by atoms with Gasteiger partial charge in [0.2, 0.25) is 0 Å². The van der Waals surface area contributed by atoms with Gasteiger partial charge in [-0.3, -0.25) is 10.1 Å². The number of hydrogen-bond donors (Lipinski definition) is 1. The fourth-order valence-electron chi connectivity index (χ4n) is 1.42. The Bertz CT molecular complexity index is 460. The smallest absolute Gasteiger partial charge is 0.314 e. The third-order valence-corrected chi connectivity index (χ3v) is 2.42. The summed E-state index contributed by atoms with van der Waals surface area (Å²) in [6, 6.07) is 4.48. The molecule has 0 aliphatic carbocycles. The maximum absolute atomic E-state index is 10.9. The van der Waals surface area contributed by atoms with Crippen LogP contribution < -0.4 is 14.8 Å². The zero-order valence-electron chi connectivity index (χ0n) is 11.1. The first-order valence-electron chi connectivity index (χ1n) is 5.91. The van der Waals surface area contributed by atoms with Gasteiger partial charge in [0.1, 0.15) is 12.4 Å². The van der Waals surface area contributed by atoms with Crippen LogP contribution in [0, 0.1) is 10.1 Å². The molecule has 0 saturated heterocycles. The Morgan fingerprint density at radius 3 is 2.84 bits per heavy atom. The highest BCUT2D eigenvalue weighted by Crippen LogP contribution is 2.31. The van der Waals surface area contributed by atoms with Gasteiger partial charge in [0, 0.05) is 6.54 Å². The number of ether oxygens (including phenoxy) is 2. The van der Waals surface area contributed by atoms with Crippen LogP contribution in [0.3, 0.4) is 0 Å². The minimum atomic E-state index is -0.495. The van der Waals surface area contributed by atoms with E-state index in [1.54, 1.807) is 6.07 Å². The third kappa shape index (κ3) is 4.59. The van der Waals surface area contributed by atoms with Gasteiger partial charge in [-0.25, -0.2) is 0 Å². The van der Waals surface area contributed by atoms with Crippen molar-refractivity contribution in [3.8, 4) is 11.5 Å². The van der Waals surface area contributed by atoms with Gasteiger partial charge in [-0.1, -0.05) is 13.5 Å². The number of likely N-dealkylation sites (N-methyl/N-ethyl adjacent to an activating group) is 1. The Kier molecular flexibility index (Phi) is 5.81. The lowest BCUT2D eigenvalue weighted by molar-refractivity contribution is -0.385. The van der Waals surface area contributed by atoms with Crippen molar-refractivity contribution < 1.29 is 14.4 Å². The summed E-state index contributed by atoms with van der Waals surface area (Å²) >= 11 is 0. The van der Waals surface area contributed by atoms with Crippen LogP contribution in [0.4, 0.5) is 5.69 Å². The molecular formula is C13H18N2O4. The zero-order valence-corrected chi connectivity index (χ0v) is 11.1. The molecule has 0 aliphatic rings. The van der Waals surface area contributed by atoms with Gasteiger partial charge in [-0.2, -0.15) is 0 Å². The zero-order chi connectivity index (χ0) is 14.3. The Labute approximate surface area is 112 Å². The van der Waals surface area contributed by atoms with Crippen LogP contribution in [0.2, 0.25) is 0 Å². The predicted octanol–water partition coefficient (Wildman–Crippen LogP) is 2.15. The van der Waals surface area contributed by atoms with Crippen molar-refractivity contribution in [3.63, 3.8) is 0 Å². The van der Waals surface area contributed by atoms with E-state index in [9.17, 15) is 10.1 Å². The van der Waals surface area contributed by atoms with Gasteiger partial charge in [-0.15, -0.1) is 0 Å². The molecule has 0 aliphatic heterocycles. The molecule has 0 bridgehead atoms. The van der Waals surface area contributed by atoms with E-state index in [0.29, 0.717) is 12.3 Å². The highest BCUT2D eigenvalue weighted by Gasteiger charge is 2.16. The molecule has 1 N–H and O–H groups in total. The van der Waals surface area contributed by atoms with Gasteiger partial charge in [0.25, 0.3) is 0 Å². The Morgan fingerprint density at radius 1 is 1.53 bits per heavy atom. The summed E-state index contributed by atoms with van der Waals surface area (Å²) in [6.07, 6.45) is 0. The van der Waals surface area contributed by atoms with E-state index in [0.717, 1.165) is 12.1 Å². The molecule has 19 heavy (non-hydrogen) atoms. The maximum atomic E-state index is 10.9. The van der Waals surface area contributed by atoms with Gasteiger partial charge >= 0.3 is 5.69 Å². The number of nitro benzene ring substituents is 1. The Balaban J connectivity index is 2.72. The van der Waals surface area contributed by atoms with Crippen LogP contribution in [0.25, 0.3) is 0 Å². The molecule has 1 rings (SSSR count). The standard InChI is InChI=1S/C13H18N2O4/c1-4-14-8-10(2)9-19-13-6-5-11(18-3)7-12(13)15(16)17/h5-7,14H,2,4,8-9H2,1,3H3. The molecule has 0 heterocycles. The molecular weight excluding hydrogens is 248 g/mol. The highest BCUT2D eigenvalue weighted by molar-refractivity contribution is 5.51. The highest BCUT2D eigenvalue weighted by atomic mass is 16.6. The molecule has 1 aromatic rings. The first-order chi connectivity index (χ1) is 9.08. The fourth-order valence-corrected chi connectivity index (χ4v) is 1.42. The van der Waals surface area contributed by atoms with E-state index < -0.39 is 4.92 Å². The van der Waals surface area contributed by atoms with Crippen LogP contribution in [0.1, 0.15) is 6.92 Å². The van der Waals surface area contributed by atoms with E-state index in [1.807, 2.05) is 6.92 Å². The SMILES string of the molecule is C=C(CNCC)COc1ccc(OC)cc1[N+](=O)[O-]. The van der Waals surface area contributed by atoms with Crippen molar-refractivity contribution in [1.82, 2.24) is 5.32 Å². The largest absolute Gasteiger partial charge is 0.496 e. The summed E-state index contributed by atoms with van der Waals surface area (Å²) in [7, 11) is 1.46. The van der Waals surface area contributed by atoms with Gasteiger partial charge < -0.3 is 14.8 Å². The lowest BCUT2D eigenvalue weighted by Gasteiger charge is -2.10. The fraction of sp³-hybridized carbons (Fsp3) is 0.385. The Morgan fingerprint density at radius 2 is 2.26 bits per heavy atom. The van der Waals surface area contributed by atoms with Crippen molar-refractivity contribution in [2.75, 3.05) is 26.8 Å². The van der Waals surface area contributed by atoms with Crippen LogP contribution in [-0.2, 0) is 0 Å². The average molecular weight is 266 g/mol. The number of nitrogens with one attached hydrogen (secondary N) is 1. The van der Waals surface area contributed by atoms with Gasteiger partial charge in [0.05, 0.1) is 18.1 Å². The summed E-state index contributed by atoms with van der Waals surface area (Å²) in [4.78, 5) is 10.4. The summed E-state index contributed by atoms with van der Waals surface area (Å²) in [6.45, 7) is 7.52. The molecule has 0 fully saturated rings. The Hall–Kier alpha value is -2.08. The predicted molar refractivity (Wildman–Crippen MR) is 72.8 cm³/mol. The lowest BCUT2D eigenvalue weighted by Crippen LogP contribution is -2.19. The first kappa shape index (κ1) is 15.0. The second-order valence-electron chi connectivity index (χ2n) is 3.91. The van der Waals surface area contributed by atoms with E-state index >= 15 is 0 Å². The molecule has 1 aromatic carbocycles. The number of nitrogens with zero attached hydrogens (tertiary/aromatic N) is 1. The molecule has 0 radical (unpaired) electrons. The number of nitro groups is 1. The van der Waals surface area contributed by atoms with Gasteiger partial charge in [0.15, 0.2) is 5.75 Å².